The number of aromatic nitrogens is 3. The van der Waals surface area contributed by atoms with Crippen molar-refractivity contribution in [3.8, 4) is 11.1 Å². The highest BCUT2D eigenvalue weighted by Gasteiger charge is 2.15. The average molecular weight is 377 g/mol. The van der Waals surface area contributed by atoms with Crippen molar-refractivity contribution in [1.29, 1.82) is 0 Å². The Morgan fingerprint density at radius 3 is 2.59 bits per heavy atom. The summed E-state index contributed by atoms with van der Waals surface area (Å²) in [6.07, 6.45) is 7.64. The van der Waals surface area contributed by atoms with Crippen LogP contribution in [-0.4, -0.2) is 28.0 Å². The minimum Gasteiger partial charge on any atom is -0.357 e. The van der Waals surface area contributed by atoms with Gasteiger partial charge in [0.1, 0.15) is 5.82 Å². The normalized spacial score (nSPS) is 15.0. The van der Waals surface area contributed by atoms with Crippen molar-refractivity contribution in [3.63, 3.8) is 0 Å². The van der Waals surface area contributed by atoms with Gasteiger partial charge in [-0.05, 0) is 56.5 Å². The van der Waals surface area contributed by atoms with E-state index in [1.54, 1.807) is 0 Å². The van der Waals surface area contributed by atoms with E-state index in [0.717, 1.165) is 62.6 Å². The fraction of sp³-hybridized carbons (Fsp3) is 0.273. The number of nitrogens with one attached hydrogen (secondary N) is 1. The molecule has 5 rings (SSSR count). The summed E-state index contributed by atoms with van der Waals surface area (Å²) >= 11 is 6.47. The summed E-state index contributed by atoms with van der Waals surface area (Å²) in [5, 5.41) is 3.00. The molecule has 1 saturated heterocycles. The molecule has 4 aromatic rings. The number of piperidine rings is 1. The Kier molecular flexibility index (Phi) is 4.01. The molecule has 27 heavy (non-hydrogen) atoms. The first-order valence-electron chi connectivity index (χ1n) is 9.48. The summed E-state index contributed by atoms with van der Waals surface area (Å²) in [6, 6.07) is 10.4. The standard InChI is InChI=1S/C22H21ClN4/c1-14-21-17(7-8-24-14)19-12-16(23)11-18(22(19)26-21)15-5-6-20(25-13-15)27-9-3-2-4-10-27/h5-8,11-13,26H,2-4,9-10H2,1H3. The zero-order chi connectivity index (χ0) is 18.4. The predicted molar refractivity (Wildman–Crippen MR) is 113 cm³/mol. The lowest BCUT2D eigenvalue weighted by Crippen LogP contribution is -2.29. The van der Waals surface area contributed by atoms with Gasteiger partial charge in [-0.15, -0.1) is 0 Å². The third kappa shape index (κ3) is 2.85. The van der Waals surface area contributed by atoms with Crippen LogP contribution >= 0.6 is 11.6 Å². The molecule has 3 aromatic heterocycles. The van der Waals surface area contributed by atoms with Crippen molar-refractivity contribution in [2.45, 2.75) is 26.2 Å². The number of fused-ring (bicyclic) bond motifs is 3. The van der Waals surface area contributed by atoms with E-state index in [4.69, 9.17) is 16.6 Å². The number of nitrogens with zero attached hydrogens (tertiary/aromatic N) is 3. The second-order valence-corrected chi connectivity index (χ2v) is 7.71. The molecule has 1 aliphatic heterocycles. The highest BCUT2D eigenvalue weighted by atomic mass is 35.5. The lowest BCUT2D eigenvalue weighted by molar-refractivity contribution is 0.573. The number of aromatic amines is 1. The monoisotopic (exact) mass is 376 g/mol. The molecule has 1 N–H and O–H groups in total. The number of H-pyrrole nitrogens is 1. The van der Waals surface area contributed by atoms with Crippen LogP contribution < -0.4 is 4.90 Å². The highest BCUT2D eigenvalue weighted by molar-refractivity contribution is 6.32. The average Bonchev–Trinajstić information content (AvgIpc) is 3.08. The Bertz CT molecular complexity index is 1120. The molecule has 5 heteroatoms. The van der Waals surface area contributed by atoms with Gasteiger partial charge >= 0.3 is 0 Å². The first-order chi connectivity index (χ1) is 13.2. The highest BCUT2D eigenvalue weighted by Crippen LogP contribution is 2.36. The molecule has 0 amide bonds. The quantitative estimate of drug-likeness (QED) is 0.485. The Labute approximate surface area is 163 Å². The summed E-state index contributed by atoms with van der Waals surface area (Å²) in [7, 11) is 0. The van der Waals surface area contributed by atoms with Gasteiger partial charge in [0.2, 0.25) is 0 Å². The Morgan fingerprint density at radius 2 is 1.81 bits per heavy atom. The topological polar surface area (TPSA) is 44.8 Å². The Hall–Kier alpha value is -2.59. The fourth-order valence-electron chi connectivity index (χ4n) is 4.11. The van der Waals surface area contributed by atoms with Gasteiger partial charge in [0.15, 0.2) is 0 Å². The van der Waals surface area contributed by atoms with E-state index >= 15 is 0 Å². The van der Waals surface area contributed by atoms with E-state index in [9.17, 15) is 0 Å². The predicted octanol–water partition coefficient (Wildman–Crippen LogP) is 5.73. The van der Waals surface area contributed by atoms with E-state index in [2.05, 4.69) is 27.0 Å². The van der Waals surface area contributed by atoms with Gasteiger partial charge < -0.3 is 9.88 Å². The van der Waals surface area contributed by atoms with Gasteiger partial charge in [-0.1, -0.05) is 11.6 Å². The van der Waals surface area contributed by atoms with Gasteiger partial charge in [0.05, 0.1) is 16.7 Å². The molecular weight excluding hydrogens is 356 g/mol. The maximum absolute atomic E-state index is 6.47. The minimum absolute atomic E-state index is 0.730. The number of rotatable bonds is 2. The van der Waals surface area contributed by atoms with E-state index in [1.165, 1.54) is 19.3 Å². The number of hydrogen-bond acceptors (Lipinski definition) is 3. The SMILES string of the molecule is Cc1nccc2c1[nH]c1c(-c3ccc(N4CCCCC4)nc3)cc(Cl)cc12. The van der Waals surface area contributed by atoms with Crippen LogP contribution in [0.4, 0.5) is 5.82 Å². The van der Waals surface area contributed by atoms with Crippen LogP contribution in [0.1, 0.15) is 25.0 Å². The van der Waals surface area contributed by atoms with Crippen molar-refractivity contribution in [1.82, 2.24) is 15.0 Å². The van der Waals surface area contributed by atoms with E-state index in [0.29, 0.717) is 0 Å². The number of halogens is 1. The fourth-order valence-corrected chi connectivity index (χ4v) is 4.33. The van der Waals surface area contributed by atoms with Gasteiger partial charge in [0.25, 0.3) is 0 Å². The number of benzene rings is 1. The first kappa shape index (κ1) is 16.6. The lowest BCUT2D eigenvalue weighted by Gasteiger charge is -2.27. The number of hydrogen-bond donors (Lipinski definition) is 1. The van der Waals surface area contributed by atoms with Crippen molar-refractivity contribution < 1.29 is 0 Å². The molecule has 4 heterocycles. The maximum Gasteiger partial charge on any atom is 0.128 e. The number of pyridine rings is 2. The summed E-state index contributed by atoms with van der Waals surface area (Å²) in [6.45, 7) is 4.22. The molecule has 0 spiro atoms. The number of aryl methyl sites for hydroxylation is 1. The molecule has 0 aliphatic carbocycles. The van der Waals surface area contributed by atoms with Crippen molar-refractivity contribution in [2.24, 2.45) is 0 Å². The van der Waals surface area contributed by atoms with Crippen LogP contribution in [0.2, 0.25) is 5.02 Å². The van der Waals surface area contributed by atoms with Gasteiger partial charge in [-0.3, -0.25) is 4.98 Å². The minimum atomic E-state index is 0.730. The largest absolute Gasteiger partial charge is 0.357 e. The van der Waals surface area contributed by atoms with E-state index in [-0.39, 0.29) is 0 Å². The molecule has 0 atom stereocenters. The number of anilines is 1. The smallest absolute Gasteiger partial charge is 0.128 e. The molecule has 0 bridgehead atoms. The van der Waals surface area contributed by atoms with Crippen LogP contribution in [0.3, 0.4) is 0 Å². The third-order valence-electron chi connectivity index (χ3n) is 5.52. The maximum atomic E-state index is 6.47. The third-order valence-corrected chi connectivity index (χ3v) is 5.74. The van der Waals surface area contributed by atoms with Crippen LogP contribution in [0.15, 0.2) is 42.7 Å². The lowest BCUT2D eigenvalue weighted by atomic mass is 10.0. The van der Waals surface area contributed by atoms with Crippen molar-refractivity contribution >= 4 is 39.2 Å². The molecule has 1 aliphatic rings. The van der Waals surface area contributed by atoms with Gasteiger partial charge in [-0.2, -0.15) is 0 Å². The van der Waals surface area contributed by atoms with Gasteiger partial charge in [0, 0.05) is 52.4 Å². The summed E-state index contributed by atoms with van der Waals surface area (Å²) in [5.74, 6) is 1.06. The molecule has 0 saturated carbocycles. The summed E-state index contributed by atoms with van der Waals surface area (Å²) in [5.41, 5.74) is 5.28. The van der Waals surface area contributed by atoms with Crippen LogP contribution in [0.25, 0.3) is 32.9 Å². The molecule has 4 nitrogen and oxygen atoms in total. The zero-order valence-corrected chi connectivity index (χ0v) is 16.1. The molecule has 136 valence electrons. The molecule has 1 fully saturated rings. The Morgan fingerprint density at radius 1 is 0.963 bits per heavy atom. The first-order valence-corrected chi connectivity index (χ1v) is 9.86. The summed E-state index contributed by atoms with van der Waals surface area (Å²) in [4.78, 5) is 15.1. The van der Waals surface area contributed by atoms with Crippen LogP contribution in [0.5, 0.6) is 0 Å². The van der Waals surface area contributed by atoms with E-state index < -0.39 is 0 Å². The zero-order valence-electron chi connectivity index (χ0n) is 15.3. The molecular formula is C22H21ClN4. The second kappa shape index (κ2) is 6.54. The van der Waals surface area contributed by atoms with Crippen LogP contribution in [0, 0.1) is 6.92 Å². The van der Waals surface area contributed by atoms with Crippen LogP contribution in [-0.2, 0) is 0 Å². The van der Waals surface area contributed by atoms with E-state index in [1.807, 2.05) is 37.5 Å². The Balaban J connectivity index is 1.64. The van der Waals surface area contributed by atoms with Crippen molar-refractivity contribution in [3.05, 3.63) is 53.4 Å². The second-order valence-electron chi connectivity index (χ2n) is 7.27. The van der Waals surface area contributed by atoms with Crippen molar-refractivity contribution in [2.75, 3.05) is 18.0 Å². The summed E-state index contributed by atoms with van der Waals surface area (Å²) < 4.78 is 0. The molecule has 0 unspecified atom stereocenters. The van der Waals surface area contributed by atoms with Gasteiger partial charge in [-0.25, -0.2) is 4.98 Å². The molecule has 0 radical (unpaired) electrons. The molecule has 1 aromatic carbocycles.